The predicted molar refractivity (Wildman–Crippen MR) is 113 cm³/mol. The third-order valence-corrected chi connectivity index (χ3v) is 4.54. The summed E-state index contributed by atoms with van der Waals surface area (Å²) >= 11 is 0. The van der Waals surface area contributed by atoms with Gasteiger partial charge in [-0.2, -0.15) is 0 Å². The fraction of sp³-hybridized carbons (Fsp3) is 0.174. The average Bonchev–Trinajstić information content (AvgIpc) is 2.75. The van der Waals surface area contributed by atoms with E-state index in [2.05, 4.69) is 22.5 Å². The minimum atomic E-state index is -0.342. The maximum absolute atomic E-state index is 12.7. The standard InChI is InChI=1S/C23H23N3O3/c1-2-6-20(16-7-4-3-5-8-16)26-22(28)17-9-12-19(13-10-17)25-23(29)18-11-14-21(27)24-15-18/h3-5,7-15,20H,2,6H2,1H3,(H,24,27)(H,25,29)(H,26,28)/t20-/m1/s1. The number of hydrogen-bond donors (Lipinski definition) is 3. The van der Waals surface area contributed by atoms with Gasteiger partial charge in [-0.3, -0.25) is 14.4 Å². The van der Waals surface area contributed by atoms with Crippen molar-refractivity contribution in [3.8, 4) is 0 Å². The van der Waals surface area contributed by atoms with Crippen molar-refractivity contribution in [3.05, 3.63) is 100.0 Å². The monoisotopic (exact) mass is 389 g/mol. The summed E-state index contributed by atoms with van der Waals surface area (Å²) in [4.78, 5) is 38.4. The van der Waals surface area contributed by atoms with Gasteiger partial charge in [-0.25, -0.2) is 0 Å². The average molecular weight is 389 g/mol. The Labute approximate surface area is 169 Å². The minimum absolute atomic E-state index is 0.0479. The first kappa shape index (κ1) is 20.1. The van der Waals surface area contributed by atoms with Crippen LogP contribution in [0.15, 0.2) is 77.7 Å². The molecule has 29 heavy (non-hydrogen) atoms. The molecular weight excluding hydrogens is 366 g/mol. The van der Waals surface area contributed by atoms with E-state index in [9.17, 15) is 14.4 Å². The summed E-state index contributed by atoms with van der Waals surface area (Å²) in [5.41, 5.74) is 2.23. The van der Waals surface area contributed by atoms with Crippen LogP contribution in [0.1, 0.15) is 52.1 Å². The van der Waals surface area contributed by atoms with Crippen molar-refractivity contribution in [2.75, 3.05) is 5.32 Å². The Hall–Kier alpha value is -3.67. The quantitative estimate of drug-likeness (QED) is 0.572. The SMILES string of the molecule is CCC[C@@H](NC(=O)c1ccc(NC(=O)c2ccc(=O)[nH]c2)cc1)c1ccccc1. The highest BCUT2D eigenvalue weighted by molar-refractivity contribution is 6.04. The molecule has 0 saturated heterocycles. The summed E-state index contributed by atoms with van der Waals surface area (Å²) in [6.45, 7) is 2.09. The topological polar surface area (TPSA) is 91.1 Å². The molecule has 6 nitrogen and oxygen atoms in total. The molecule has 3 aromatic rings. The lowest BCUT2D eigenvalue weighted by Crippen LogP contribution is -2.28. The number of carbonyl (C=O) groups excluding carboxylic acids is 2. The highest BCUT2D eigenvalue weighted by atomic mass is 16.2. The molecular formula is C23H23N3O3. The van der Waals surface area contributed by atoms with Crippen molar-refractivity contribution in [1.82, 2.24) is 10.3 Å². The van der Waals surface area contributed by atoms with E-state index in [0.29, 0.717) is 16.8 Å². The number of pyridine rings is 1. The summed E-state index contributed by atoms with van der Waals surface area (Å²) in [5.74, 6) is -0.503. The zero-order valence-electron chi connectivity index (χ0n) is 16.1. The van der Waals surface area contributed by atoms with E-state index in [1.807, 2.05) is 30.3 Å². The van der Waals surface area contributed by atoms with Crippen LogP contribution in [-0.2, 0) is 0 Å². The van der Waals surface area contributed by atoms with E-state index < -0.39 is 0 Å². The summed E-state index contributed by atoms with van der Waals surface area (Å²) in [7, 11) is 0. The van der Waals surface area contributed by atoms with Crippen molar-refractivity contribution in [1.29, 1.82) is 0 Å². The second kappa shape index (κ2) is 9.50. The number of aromatic nitrogens is 1. The Balaban J connectivity index is 1.65. The Morgan fingerprint density at radius 3 is 2.21 bits per heavy atom. The fourth-order valence-electron chi connectivity index (χ4n) is 3.00. The summed E-state index contributed by atoms with van der Waals surface area (Å²) in [6, 6.07) is 19.3. The Morgan fingerprint density at radius 2 is 1.59 bits per heavy atom. The molecule has 1 heterocycles. The van der Waals surface area contributed by atoms with Gasteiger partial charge < -0.3 is 15.6 Å². The van der Waals surface area contributed by atoms with Crippen LogP contribution in [-0.4, -0.2) is 16.8 Å². The van der Waals surface area contributed by atoms with Crippen LogP contribution >= 0.6 is 0 Å². The normalized spacial score (nSPS) is 11.5. The molecule has 0 spiro atoms. The maximum atomic E-state index is 12.7. The molecule has 2 aromatic carbocycles. The molecule has 0 fully saturated rings. The number of hydrogen-bond acceptors (Lipinski definition) is 3. The second-order valence-electron chi connectivity index (χ2n) is 6.70. The van der Waals surface area contributed by atoms with Crippen LogP contribution in [0.3, 0.4) is 0 Å². The molecule has 2 amide bonds. The first-order valence-corrected chi connectivity index (χ1v) is 9.53. The van der Waals surface area contributed by atoms with Crippen LogP contribution in [0.5, 0.6) is 0 Å². The highest BCUT2D eigenvalue weighted by Gasteiger charge is 2.15. The lowest BCUT2D eigenvalue weighted by Gasteiger charge is -2.19. The van der Waals surface area contributed by atoms with Gasteiger partial charge in [0.15, 0.2) is 0 Å². The molecule has 0 aliphatic carbocycles. The van der Waals surface area contributed by atoms with E-state index in [-0.39, 0.29) is 23.4 Å². The Bertz CT molecular complexity index is 1010. The van der Waals surface area contributed by atoms with Gasteiger partial charge in [0.1, 0.15) is 0 Å². The van der Waals surface area contributed by atoms with Crippen LogP contribution in [0.4, 0.5) is 5.69 Å². The number of H-pyrrole nitrogens is 1. The van der Waals surface area contributed by atoms with Crippen LogP contribution in [0, 0.1) is 0 Å². The molecule has 1 atom stereocenters. The second-order valence-corrected chi connectivity index (χ2v) is 6.70. The van der Waals surface area contributed by atoms with Gasteiger partial charge in [-0.05, 0) is 42.3 Å². The molecule has 0 aliphatic rings. The third kappa shape index (κ3) is 5.42. The first-order chi connectivity index (χ1) is 14.1. The molecule has 0 saturated carbocycles. The van der Waals surface area contributed by atoms with E-state index in [0.717, 1.165) is 18.4 Å². The van der Waals surface area contributed by atoms with Crippen molar-refractivity contribution in [2.24, 2.45) is 0 Å². The summed E-state index contributed by atoms with van der Waals surface area (Å²) in [6.07, 6.45) is 3.16. The largest absolute Gasteiger partial charge is 0.345 e. The van der Waals surface area contributed by atoms with E-state index in [1.165, 1.54) is 18.3 Å². The van der Waals surface area contributed by atoms with E-state index in [4.69, 9.17) is 0 Å². The van der Waals surface area contributed by atoms with Gasteiger partial charge in [0.05, 0.1) is 11.6 Å². The number of nitrogens with one attached hydrogen (secondary N) is 3. The molecule has 6 heteroatoms. The highest BCUT2D eigenvalue weighted by Crippen LogP contribution is 2.19. The lowest BCUT2D eigenvalue weighted by atomic mass is 10.0. The third-order valence-electron chi connectivity index (χ3n) is 4.54. The van der Waals surface area contributed by atoms with E-state index in [1.54, 1.807) is 24.3 Å². The van der Waals surface area contributed by atoms with Crippen molar-refractivity contribution >= 4 is 17.5 Å². The number of rotatable bonds is 7. The number of anilines is 1. The lowest BCUT2D eigenvalue weighted by molar-refractivity contribution is 0.0934. The zero-order chi connectivity index (χ0) is 20.6. The smallest absolute Gasteiger partial charge is 0.257 e. The molecule has 0 radical (unpaired) electrons. The summed E-state index contributed by atoms with van der Waals surface area (Å²) < 4.78 is 0. The van der Waals surface area contributed by atoms with Gasteiger partial charge >= 0.3 is 0 Å². The van der Waals surface area contributed by atoms with Gasteiger partial charge in [0, 0.05) is 23.5 Å². The van der Waals surface area contributed by atoms with Crippen molar-refractivity contribution < 1.29 is 9.59 Å². The van der Waals surface area contributed by atoms with Crippen LogP contribution in [0.25, 0.3) is 0 Å². The fourth-order valence-corrected chi connectivity index (χ4v) is 3.00. The molecule has 3 rings (SSSR count). The minimum Gasteiger partial charge on any atom is -0.345 e. The molecule has 1 aromatic heterocycles. The molecule has 0 unspecified atom stereocenters. The molecule has 148 valence electrons. The van der Waals surface area contributed by atoms with Gasteiger partial charge in [0.2, 0.25) is 5.56 Å². The molecule has 3 N–H and O–H groups in total. The Kier molecular flexibility index (Phi) is 6.58. The summed E-state index contributed by atoms with van der Waals surface area (Å²) in [5, 5.41) is 5.82. The van der Waals surface area contributed by atoms with Gasteiger partial charge in [-0.15, -0.1) is 0 Å². The molecule has 0 bridgehead atoms. The predicted octanol–water partition coefficient (Wildman–Crippen LogP) is 3.90. The number of carbonyl (C=O) groups is 2. The van der Waals surface area contributed by atoms with Crippen LogP contribution < -0.4 is 16.2 Å². The number of amides is 2. The number of aromatic amines is 1. The van der Waals surface area contributed by atoms with Gasteiger partial charge in [-0.1, -0.05) is 43.7 Å². The maximum Gasteiger partial charge on any atom is 0.257 e. The zero-order valence-corrected chi connectivity index (χ0v) is 16.1. The van der Waals surface area contributed by atoms with Crippen molar-refractivity contribution in [3.63, 3.8) is 0 Å². The number of benzene rings is 2. The van der Waals surface area contributed by atoms with E-state index >= 15 is 0 Å². The van der Waals surface area contributed by atoms with Crippen molar-refractivity contribution in [2.45, 2.75) is 25.8 Å². The van der Waals surface area contributed by atoms with Crippen LogP contribution in [0.2, 0.25) is 0 Å². The Morgan fingerprint density at radius 1 is 0.897 bits per heavy atom. The first-order valence-electron chi connectivity index (χ1n) is 9.53. The molecule has 0 aliphatic heterocycles. The van der Waals surface area contributed by atoms with Gasteiger partial charge in [0.25, 0.3) is 11.8 Å².